The Hall–Kier alpha value is -4.03. The summed E-state index contributed by atoms with van der Waals surface area (Å²) in [5.41, 5.74) is 4.54. The summed E-state index contributed by atoms with van der Waals surface area (Å²) in [6.45, 7) is 0.783. The lowest BCUT2D eigenvalue weighted by molar-refractivity contribution is -0.115. The average Bonchev–Trinajstić information content (AvgIpc) is 3.28. The van der Waals surface area contributed by atoms with Crippen LogP contribution in [0.25, 0.3) is 11.0 Å². The molecule has 1 amide bonds. The second-order valence-corrected chi connectivity index (χ2v) is 12.6. The molecule has 0 fully saturated rings. The van der Waals surface area contributed by atoms with Gasteiger partial charge >= 0.3 is 0 Å². The summed E-state index contributed by atoms with van der Waals surface area (Å²) < 4.78 is 24.9. The van der Waals surface area contributed by atoms with Gasteiger partial charge in [0.15, 0.2) is 9.84 Å². The number of halogens is 2. The van der Waals surface area contributed by atoms with Crippen molar-refractivity contribution >= 4 is 67.6 Å². The maximum absolute atomic E-state index is 12.9. The summed E-state index contributed by atoms with van der Waals surface area (Å²) in [7, 11) is -3.10. The Morgan fingerprint density at radius 3 is 2.45 bits per heavy atom. The second-order valence-electron chi connectivity index (χ2n) is 9.67. The van der Waals surface area contributed by atoms with E-state index in [0.29, 0.717) is 40.7 Å². The Balaban J connectivity index is 1.23. The van der Waals surface area contributed by atoms with Crippen molar-refractivity contribution in [3.05, 3.63) is 106 Å². The number of carbonyl (C=O) groups excluding carboxylic acids is 1. The molecule has 2 aromatic heterocycles. The van der Waals surface area contributed by atoms with Gasteiger partial charge in [-0.15, -0.1) is 0 Å². The highest BCUT2D eigenvalue weighted by molar-refractivity contribution is 7.89. The molecule has 0 bridgehead atoms. The van der Waals surface area contributed by atoms with Crippen LogP contribution < -0.4 is 16.0 Å². The van der Waals surface area contributed by atoms with Gasteiger partial charge in [0.05, 0.1) is 45.6 Å². The molecule has 216 valence electrons. The van der Waals surface area contributed by atoms with E-state index in [0.717, 1.165) is 28.0 Å². The van der Waals surface area contributed by atoms with Crippen molar-refractivity contribution in [3.63, 3.8) is 0 Å². The molecule has 0 aliphatic heterocycles. The summed E-state index contributed by atoms with van der Waals surface area (Å²) >= 11 is 12.1. The quantitative estimate of drug-likeness (QED) is 0.179. The van der Waals surface area contributed by atoms with Crippen LogP contribution in [0.3, 0.4) is 0 Å². The molecule has 13 heteroatoms. The number of para-hydroxylation sites is 2. The number of hydrogen-bond acceptors (Lipinski definition) is 8. The Morgan fingerprint density at radius 1 is 0.929 bits per heavy atom. The molecular formula is C29H27Cl2N7O3S. The van der Waals surface area contributed by atoms with E-state index in [1.807, 2.05) is 28.8 Å². The molecule has 0 radical (unpaired) electrons. The normalized spacial score (nSPS) is 11.5. The third-order valence-corrected chi connectivity index (χ3v) is 7.78. The standard InChI is InChI=1S/C29H27Cl2N7O3S/c1-42(40,41)17-19-6-9-21(10-7-19)34-28-33-13-12-22(35-28)16-32-18-38-26-5-3-2-4-25(26)36-29(38)37-27(39)15-20-8-11-23(30)24(31)14-20/h2-14,32H,15-18H2,1H3,(H,33,34,35)(H,36,37,39). The van der Waals surface area contributed by atoms with E-state index in [9.17, 15) is 13.2 Å². The molecular weight excluding hydrogens is 597 g/mol. The van der Waals surface area contributed by atoms with Gasteiger partial charge in [-0.3, -0.25) is 20.0 Å². The Bertz CT molecular complexity index is 1840. The fraction of sp³-hybridized carbons (Fsp3) is 0.172. The van der Waals surface area contributed by atoms with Crippen LogP contribution in [0.2, 0.25) is 10.0 Å². The predicted octanol–water partition coefficient (Wildman–Crippen LogP) is 5.35. The maximum Gasteiger partial charge on any atom is 0.231 e. The van der Waals surface area contributed by atoms with Gasteiger partial charge in [0.2, 0.25) is 17.8 Å². The predicted molar refractivity (Wildman–Crippen MR) is 166 cm³/mol. The van der Waals surface area contributed by atoms with Gasteiger partial charge in [0.25, 0.3) is 0 Å². The molecule has 0 spiro atoms. The van der Waals surface area contributed by atoms with Crippen molar-refractivity contribution in [2.75, 3.05) is 16.9 Å². The number of anilines is 3. The first-order chi connectivity index (χ1) is 20.1. The van der Waals surface area contributed by atoms with Crippen molar-refractivity contribution in [1.82, 2.24) is 24.8 Å². The largest absolute Gasteiger partial charge is 0.324 e. The van der Waals surface area contributed by atoms with E-state index in [4.69, 9.17) is 23.2 Å². The van der Waals surface area contributed by atoms with E-state index >= 15 is 0 Å². The zero-order valence-corrected chi connectivity index (χ0v) is 24.8. The highest BCUT2D eigenvalue weighted by Crippen LogP contribution is 2.24. The summed E-state index contributed by atoms with van der Waals surface area (Å²) in [6, 6.07) is 21.6. The van der Waals surface area contributed by atoms with Gasteiger partial charge in [0, 0.05) is 24.7 Å². The monoisotopic (exact) mass is 623 g/mol. The van der Waals surface area contributed by atoms with Crippen LogP contribution in [-0.2, 0) is 40.0 Å². The summed E-state index contributed by atoms with van der Waals surface area (Å²) in [5, 5.41) is 10.2. The number of imidazole rings is 1. The molecule has 2 heterocycles. The van der Waals surface area contributed by atoms with Crippen LogP contribution in [-0.4, -0.2) is 40.1 Å². The Morgan fingerprint density at radius 2 is 1.69 bits per heavy atom. The number of nitrogens with zero attached hydrogens (tertiary/aromatic N) is 4. The van der Waals surface area contributed by atoms with Crippen molar-refractivity contribution < 1.29 is 13.2 Å². The van der Waals surface area contributed by atoms with Gasteiger partial charge in [-0.05, 0) is 53.6 Å². The van der Waals surface area contributed by atoms with Crippen LogP contribution in [0.5, 0.6) is 0 Å². The zero-order chi connectivity index (χ0) is 29.7. The number of aromatic nitrogens is 4. The summed E-state index contributed by atoms with van der Waals surface area (Å²) in [5.74, 6) is 0.576. The maximum atomic E-state index is 12.9. The molecule has 3 N–H and O–H groups in total. The highest BCUT2D eigenvalue weighted by atomic mass is 35.5. The summed E-state index contributed by atoms with van der Waals surface area (Å²) in [4.78, 5) is 26.3. The molecule has 42 heavy (non-hydrogen) atoms. The smallest absolute Gasteiger partial charge is 0.231 e. The van der Waals surface area contributed by atoms with E-state index in [1.54, 1.807) is 54.7 Å². The molecule has 0 aliphatic rings. The topological polar surface area (TPSA) is 131 Å². The van der Waals surface area contributed by atoms with Crippen molar-refractivity contribution in [2.45, 2.75) is 25.4 Å². The highest BCUT2D eigenvalue weighted by Gasteiger charge is 2.14. The molecule has 0 atom stereocenters. The van der Waals surface area contributed by atoms with E-state index in [2.05, 4.69) is 30.9 Å². The van der Waals surface area contributed by atoms with Gasteiger partial charge in [-0.2, -0.15) is 0 Å². The number of amides is 1. The average molecular weight is 625 g/mol. The van der Waals surface area contributed by atoms with Gasteiger partial charge < -0.3 is 5.32 Å². The number of fused-ring (bicyclic) bond motifs is 1. The van der Waals surface area contributed by atoms with E-state index in [-0.39, 0.29) is 18.1 Å². The second kappa shape index (κ2) is 12.9. The minimum atomic E-state index is -3.10. The zero-order valence-electron chi connectivity index (χ0n) is 22.5. The van der Waals surface area contributed by atoms with Crippen LogP contribution in [0.4, 0.5) is 17.6 Å². The lowest BCUT2D eigenvalue weighted by Crippen LogP contribution is -2.23. The SMILES string of the molecule is CS(=O)(=O)Cc1ccc(Nc2nccc(CNCn3c(NC(=O)Cc4ccc(Cl)c(Cl)c4)nc4ccccc43)n2)cc1. The first kappa shape index (κ1) is 29.5. The molecule has 5 rings (SSSR count). The van der Waals surface area contributed by atoms with Gasteiger partial charge in [-0.1, -0.05) is 53.5 Å². The Labute approximate surface area is 253 Å². The summed E-state index contributed by atoms with van der Waals surface area (Å²) in [6.07, 6.45) is 2.98. The van der Waals surface area contributed by atoms with Crippen molar-refractivity contribution in [3.8, 4) is 0 Å². The number of rotatable bonds is 11. The van der Waals surface area contributed by atoms with Crippen molar-refractivity contribution in [1.29, 1.82) is 0 Å². The van der Waals surface area contributed by atoms with Gasteiger partial charge in [0.1, 0.15) is 0 Å². The number of benzene rings is 3. The molecule has 5 aromatic rings. The van der Waals surface area contributed by atoms with E-state index in [1.165, 1.54) is 6.26 Å². The number of carbonyl (C=O) groups is 1. The first-order valence-corrected chi connectivity index (χ1v) is 15.7. The fourth-order valence-corrected chi connectivity index (χ4v) is 5.42. The number of sulfone groups is 1. The molecule has 0 saturated heterocycles. The first-order valence-electron chi connectivity index (χ1n) is 12.9. The van der Waals surface area contributed by atoms with Crippen molar-refractivity contribution in [2.24, 2.45) is 0 Å². The minimum absolute atomic E-state index is 0.0141. The fourth-order valence-electron chi connectivity index (χ4n) is 4.30. The van der Waals surface area contributed by atoms with Crippen LogP contribution in [0.1, 0.15) is 16.8 Å². The molecule has 0 saturated carbocycles. The van der Waals surface area contributed by atoms with E-state index < -0.39 is 9.84 Å². The molecule has 3 aromatic carbocycles. The lowest BCUT2D eigenvalue weighted by atomic mass is 10.1. The third-order valence-electron chi connectivity index (χ3n) is 6.18. The molecule has 0 unspecified atom stereocenters. The lowest BCUT2D eigenvalue weighted by Gasteiger charge is -2.12. The minimum Gasteiger partial charge on any atom is -0.324 e. The van der Waals surface area contributed by atoms with Gasteiger partial charge in [-0.25, -0.2) is 23.4 Å². The third kappa shape index (κ3) is 7.83. The van der Waals surface area contributed by atoms with Crippen LogP contribution >= 0.6 is 23.2 Å². The Kier molecular flexibility index (Phi) is 9.03. The van der Waals surface area contributed by atoms with Crippen LogP contribution in [0.15, 0.2) is 79.0 Å². The number of hydrogen-bond donors (Lipinski definition) is 3. The van der Waals surface area contributed by atoms with Crippen LogP contribution in [0, 0.1) is 0 Å². The molecule has 10 nitrogen and oxygen atoms in total. The molecule has 0 aliphatic carbocycles. The number of nitrogens with one attached hydrogen (secondary N) is 3.